The van der Waals surface area contributed by atoms with Gasteiger partial charge >= 0.3 is 0 Å². The Morgan fingerprint density at radius 3 is 2.32 bits per heavy atom. The Bertz CT molecular complexity index is 749. The van der Waals surface area contributed by atoms with Gasteiger partial charge in [-0.3, -0.25) is 9.80 Å². The highest BCUT2D eigenvalue weighted by atomic mass is 19.1. The molecule has 0 aliphatic carbocycles. The van der Waals surface area contributed by atoms with Crippen molar-refractivity contribution < 1.29 is 9.50 Å². The average molecular weight is 384 g/mol. The summed E-state index contributed by atoms with van der Waals surface area (Å²) < 4.78 is 14.1. The van der Waals surface area contributed by atoms with Gasteiger partial charge in [0.05, 0.1) is 11.8 Å². The van der Waals surface area contributed by atoms with Crippen molar-refractivity contribution >= 4 is 5.69 Å². The Hall–Kier alpha value is -1.95. The molecule has 1 atom stereocenters. The van der Waals surface area contributed by atoms with Crippen LogP contribution in [0.15, 0.2) is 54.6 Å². The molecular weight excluding hydrogens is 353 g/mol. The third-order valence-electron chi connectivity index (χ3n) is 6.04. The van der Waals surface area contributed by atoms with E-state index in [1.165, 1.54) is 11.6 Å². The van der Waals surface area contributed by atoms with Crippen molar-refractivity contribution in [2.24, 2.45) is 0 Å². The first-order valence-corrected chi connectivity index (χ1v) is 10.4. The zero-order valence-electron chi connectivity index (χ0n) is 16.4. The van der Waals surface area contributed by atoms with Crippen molar-refractivity contribution in [3.8, 4) is 0 Å². The monoisotopic (exact) mass is 383 g/mol. The first-order valence-electron chi connectivity index (χ1n) is 10.4. The molecule has 4 rings (SSSR count). The largest absolute Gasteiger partial charge is 0.390 e. The molecule has 0 aromatic heterocycles. The number of aliphatic hydroxyl groups is 1. The summed E-state index contributed by atoms with van der Waals surface area (Å²) >= 11 is 0. The zero-order valence-corrected chi connectivity index (χ0v) is 16.4. The minimum atomic E-state index is -0.323. The molecule has 0 bridgehead atoms. The van der Waals surface area contributed by atoms with Gasteiger partial charge in [0, 0.05) is 51.9 Å². The van der Waals surface area contributed by atoms with Crippen molar-refractivity contribution in [1.29, 1.82) is 0 Å². The van der Waals surface area contributed by atoms with E-state index in [4.69, 9.17) is 0 Å². The van der Waals surface area contributed by atoms with Gasteiger partial charge in [0.2, 0.25) is 0 Å². The smallest absolute Gasteiger partial charge is 0.146 e. The fourth-order valence-electron chi connectivity index (χ4n) is 4.58. The molecule has 2 heterocycles. The lowest BCUT2D eigenvalue weighted by atomic mass is 10.0. The van der Waals surface area contributed by atoms with E-state index < -0.39 is 0 Å². The van der Waals surface area contributed by atoms with Gasteiger partial charge in [-0.15, -0.1) is 0 Å². The summed E-state index contributed by atoms with van der Waals surface area (Å²) in [6.45, 7) is 6.03. The van der Waals surface area contributed by atoms with Crippen molar-refractivity contribution in [1.82, 2.24) is 9.80 Å². The third-order valence-corrected chi connectivity index (χ3v) is 6.04. The molecule has 150 valence electrons. The van der Waals surface area contributed by atoms with Gasteiger partial charge in [0.25, 0.3) is 0 Å². The second-order valence-corrected chi connectivity index (χ2v) is 8.04. The normalized spacial score (nSPS) is 22.9. The fraction of sp³-hybridized carbons (Fsp3) is 0.478. The van der Waals surface area contributed by atoms with Crippen LogP contribution >= 0.6 is 0 Å². The van der Waals surface area contributed by atoms with Crippen LogP contribution < -0.4 is 4.90 Å². The molecule has 2 aliphatic heterocycles. The highest BCUT2D eigenvalue weighted by molar-refractivity contribution is 5.47. The van der Waals surface area contributed by atoms with E-state index >= 15 is 0 Å². The Morgan fingerprint density at radius 1 is 0.857 bits per heavy atom. The number of hydrogen-bond acceptors (Lipinski definition) is 4. The molecule has 5 heteroatoms. The van der Waals surface area contributed by atoms with Crippen LogP contribution in [-0.4, -0.2) is 66.3 Å². The molecule has 0 radical (unpaired) electrons. The number of piperidine rings is 1. The molecule has 0 saturated carbocycles. The van der Waals surface area contributed by atoms with Gasteiger partial charge in [0.1, 0.15) is 5.82 Å². The third kappa shape index (κ3) is 4.72. The molecule has 2 aliphatic rings. The quantitative estimate of drug-likeness (QED) is 0.879. The maximum absolute atomic E-state index is 14.1. The van der Waals surface area contributed by atoms with Crippen LogP contribution in [0, 0.1) is 5.82 Å². The van der Waals surface area contributed by atoms with Crippen LogP contribution in [-0.2, 0) is 6.54 Å². The molecule has 4 nitrogen and oxygen atoms in total. The molecule has 2 fully saturated rings. The molecule has 2 aromatic carbocycles. The highest BCUT2D eigenvalue weighted by Gasteiger charge is 2.29. The van der Waals surface area contributed by atoms with Gasteiger partial charge < -0.3 is 10.0 Å². The summed E-state index contributed by atoms with van der Waals surface area (Å²) in [6.07, 6.45) is 1.70. The van der Waals surface area contributed by atoms with Crippen molar-refractivity contribution in [3.63, 3.8) is 0 Å². The topological polar surface area (TPSA) is 30.0 Å². The predicted octanol–water partition coefficient (Wildman–Crippen LogP) is 2.97. The number of anilines is 1. The van der Waals surface area contributed by atoms with Crippen LogP contribution in [0.4, 0.5) is 10.1 Å². The number of rotatable bonds is 4. The molecule has 1 unspecified atom stereocenters. The lowest BCUT2D eigenvalue weighted by Gasteiger charge is -2.39. The molecule has 2 aromatic rings. The number of halogens is 1. The number of nitrogens with zero attached hydrogens (tertiary/aromatic N) is 3. The first-order chi connectivity index (χ1) is 13.7. The number of aliphatic hydroxyl groups excluding tert-OH is 1. The minimum absolute atomic E-state index is 0.136. The van der Waals surface area contributed by atoms with E-state index in [0.29, 0.717) is 11.7 Å². The first kappa shape index (κ1) is 19.4. The number of β-amino-alcohol motifs (C(OH)–C–C–N with tert-alkyl or cyclic N) is 1. The molecule has 0 spiro atoms. The SMILES string of the molecule is OC1CN(Cc2ccccc2)CCN(C2CCN(c3ccccc3F)CC2)C1. The van der Waals surface area contributed by atoms with Crippen molar-refractivity contribution in [3.05, 3.63) is 66.0 Å². The van der Waals surface area contributed by atoms with E-state index in [1.54, 1.807) is 6.07 Å². The van der Waals surface area contributed by atoms with Gasteiger partial charge in [-0.2, -0.15) is 0 Å². The lowest BCUT2D eigenvalue weighted by Crippen LogP contribution is -2.47. The Kier molecular flexibility index (Phi) is 6.25. The second kappa shape index (κ2) is 9.03. The predicted molar refractivity (Wildman–Crippen MR) is 111 cm³/mol. The number of benzene rings is 2. The molecule has 1 N–H and O–H groups in total. The van der Waals surface area contributed by atoms with E-state index in [9.17, 15) is 9.50 Å². The van der Waals surface area contributed by atoms with Gasteiger partial charge in [-0.25, -0.2) is 4.39 Å². The van der Waals surface area contributed by atoms with E-state index in [0.717, 1.165) is 58.7 Å². The van der Waals surface area contributed by atoms with Crippen LogP contribution in [0.3, 0.4) is 0 Å². The molecule has 0 amide bonds. The standard InChI is InChI=1S/C23H30FN3O/c24-22-8-4-5-9-23(22)26-12-10-20(11-13-26)27-15-14-25(17-21(28)18-27)16-19-6-2-1-3-7-19/h1-9,20-21,28H,10-18H2. The van der Waals surface area contributed by atoms with Crippen LogP contribution in [0.5, 0.6) is 0 Å². The van der Waals surface area contributed by atoms with Gasteiger partial charge in [-0.05, 0) is 30.5 Å². The maximum Gasteiger partial charge on any atom is 0.146 e. The van der Waals surface area contributed by atoms with E-state index in [-0.39, 0.29) is 11.9 Å². The summed E-state index contributed by atoms with van der Waals surface area (Å²) in [7, 11) is 0. The van der Waals surface area contributed by atoms with Crippen molar-refractivity contribution in [2.45, 2.75) is 31.5 Å². The van der Waals surface area contributed by atoms with Crippen LogP contribution in [0.25, 0.3) is 0 Å². The van der Waals surface area contributed by atoms with Gasteiger partial charge in [-0.1, -0.05) is 42.5 Å². The number of para-hydroxylation sites is 1. The highest BCUT2D eigenvalue weighted by Crippen LogP contribution is 2.25. The zero-order chi connectivity index (χ0) is 19.3. The summed E-state index contributed by atoms with van der Waals surface area (Å²) in [5, 5.41) is 10.6. The maximum atomic E-state index is 14.1. The Labute approximate surface area is 167 Å². The number of hydrogen-bond donors (Lipinski definition) is 1. The lowest BCUT2D eigenvalue weighted by molar-refractivity contribution is 0.0871. The van der Waals surface area contributed by atoms with Crippen LogP contribution in [0.2, 0.25) is 0 Å². The molecule has 2 saturated heterocycles. The van der Waals surface area contributed by atoms with Gasteiger partial charge in [0.15, 0.2) is 0 Å². The minimum Gasteiger partial charge on any atom is -0.390 e. The fourth-order valence-corrected chi connectivity index (χ4v) is 4.58. The molecular formula is C23H30FN3O. The summed E-state index contributed by atoms with van der Waals surface area (Å²) in [5.74, 6) is -0.136. The van der Waals surface area contributed by atoms with Crippen molar-refractivity contribution in [2.75, 3.05) is 44.2 Å². The Morgan fingerprint density at radius 2 is 1.57 bits per heavy atom. The second-order valence-electron chi connectivity index (χ2n) is 8.04. The molecule has 28 heavy (non-hydrogen) atoms. The summed E-state index contributed by atoms with van der Waals surface area (Å²) in [5.41, 5.74) is 2.01. The summed E-state index contributed by atoms with van der Waals surface area (Å²) in [6, 6.07) is 18.0. The van der Waals surface area contributed by atoms with E-state index in [1.807, 2.05) is 18.2 Å². The van der Waals surface area contributed by atoms with Crippen LogP contribution in [0.1, 0.15) is 18.4 Å². The van der Waals surface area contributed by atoms with E-state index in [2.05, 4.69) is 39.0 Å². The average Bonchev–Trinajstić information content (AvgIpc) is 2.90. The Balaban J connectivity index is 1.32. The summed E-state index contributed by atoms with van der Waals surface area (Å²) in [4.78, 5) is 6.96.